The second-order valence-corrected chi connectivity index (χ2v) is 16.0. The Bertz CT molecular complexity index is 1870. The predicted molar refractivity (Wildman–Crippen MR) is 205 cm³/mol. The van der Waals surface area contributed by atoms with Gasteiger partial charge >= 0.3 is 0 Å². The predicted octanol–water partition coefficient (Wildman–Crippen LogP) is 3.09. The third-order valence-corrected chi connectivity index (χ3v) is 12.3. The first-order valence-electron chi connectivity index (χ1n) is 20.0. The van der Waals surface area contributed by atoms with E-state index >= 15 is 0 Å². The number of rotatable bonds is 9. The molecule has 4 heterocycles. The minimum atomic E-state index is -0.591. The van der Waals surface area contributed by atoms with Crippen LogP contribution in [-0.4, -0.2) is 136 Å². The monoisotopic (exact) mass is 742 g/mol. The lowest BCUT2D eigenvalue weighted by atomic mass is 9.83. The number of aromatic nitrogens is 2. The summed E-state index contributed by atoms with van der Waals surface area (Å²) in [5, 5.41) is 8.00. The number of benzene rings is 2. The van der Waals surface area contributed by atoms with Crippen LogP contribution in [0.4, 0.5) is 4.39 Å². The quantitative estimate of drug-likeness (QED) is 0.341. The Morgan fingerprint density at radius 2 is 1.57 bits per heavy atom. The van der Waals surface area contributed by atoms with E-state index in [1.807, 2.05) is 21.9 Å². The molecule has 12 nitrogen and oxygen atoms in total. The van der Waals surface area contributed by atoms with E-state index in [4.69, 9.17) is 5.73 Å². The molecule has 54 heavy (non-hydrogen) atoms. The summed E-state index contributed by atoms with van der Waals surface area (Å²) < 4.78 is 15.0. The van der Waals surface area contributed by atoms with Gasteiger partial charge in [-0.05, 0) is 81.3 Å². The molecule has 0 bridgehead atoms. The molecule has 1 saturated carbocycles. The molecule has 3 aliphatic heterocycles. The number of nitrogens with one attached hydrogen (secondary N) is 1. The third kappa shape index (κ3) is 8.68. The van der Waals surface area contributed by atoms with Gasteiger partial charge in [-0.3, -0.25) is 29.0 Å². The van der Waals surface area contributed by atoms with Crippen LogP contribution in [0.15, 0.2) is 47.3 Å². The zero-order valence-electron chi connectivity index (χ0n) is 31.6. The van der Waals surface area contributed by atoms with E-state index in [2.05, 4.69) is 26.9 Å². The number of nitrogens with zero attached hydrogens (tertiary/aromatic N) is 6. The second kappa shape index (κ2) is 17.1. The number of aromatic amines is 1. The maximum atomic E-state index is 15.0. The minimum absolute atomic E-state index is 0.00689. The van der Waals surface area contributed by atoms with Crippen molar-refractivity contribution in [3.8, 4) is 0 Å². The number of piperidine rings is 1. The molecule has 290 valence electrons. The normalized spacial score (nSPS) is 21.8. The van der Waals surface area contributed by atoms with Crippen molar-refractivity contribution in [1.82, 2.24) is 34.7 Å². The highest BCUT2D eigenvalue weighted by Crippen LogP contribution is 2.28. The van der Waals surface area contributed by atoms with Gasteiger partial charge in [-0.25, -0.2) is 9.49 Å². The Labute approximate surface area is 316 Å². The third-order valence-electron chi connectivity index (χ3n) is 12.3. The number of carbonyl (C=O) groups is 3. The summed E-state index contributed by atoms with van der Waals surface area (Å²) in [6.07, 6.45) is 8.16. The summed E-state index contributed by atoms with van der Waals surface area (Å²) >= 11 is 0. The average molecular weight is 743 g/mol. The van der Waals surface area contributed by atoms with Crippen molar-refractivity contribution >= 4 is 28.5 Å². The topological polar surface area (TPSA) is 139 Å². The molecule has 2 aromatic carbocycles. The Morgan fingerprint density at radius 1 is 0.870 bits per heavy atom. The molecule has 3 aromatic rings. The molecule has 0 spiro atoms. The molecule has 3 saturated heterocycles. The molecule has 1 aliphatic carbocycles. The summed E-state index contributed by atoms with van der Waals surface area (Å²) in [6.45, 7) is 9.27. The minimum Gasteiger partial charge on any atom is -0.338 e. The van der Waals surface area contributed by atoms with Gasteiger partial charge in [0.2, 0.25) is 11.8 Å². The van der Waals surface area contributed by atoms with E-state index in [1.54, 1.807) is 29.2 Å². The van der Waals surface area contributed by atoms with Crippen molar-refractivity contribution in [1.29, 1.82) is 0 Å². The number of amides is 3. The summed E-state index contributed by atoms with van der Waals surface area (Å²) in [6, 6.07) is 11.5. The molecule has 1 aromatic heterocycles. The van der Waals surface area contributed by atoms with E-state index in [0.717, 1.165) is 65.0 Å². The standard InChI is InChI=1S/C41H55FN8O4/c1-28-25-47(17-22-50(28)41(54)38(43)31-7-3-2-4-8-31)26-29-13-15-46(16-14-29)27-37(51)48-18-20-49(21-19-48)40(53)34-23-30(11-12-35(34)42)24-36-32-9-5-6-10-33(32)39(52)45-44-36/h5-6,9-12,23,28-29,31,38H,2-4,7-8,13-22,24-27,43H2,1H3,(H,45,52)/t28-,38-/m1/s1. The van der Waals surface area contributed by atoms with Crippen molar-refractivity contribution in [2.75, 3.05) is 72.0 Å². The van der Waals surface area contributed by atoms with Gasteiger partial charge in [0.05, 0.1) is 29.2 Å². The maximum absolute atomic E-state index is 15.0. The second-order valence-electron chi connectivity index (χ2n) is 16.0. The van der Waals surface area contributed by atoms with Gasteiger partial charge in [0.15, 0.2) is 0 Å². The number of carbonyl (C=O) groups excluding carboxylic acids is 3. The van der Waals surface area contributed by atoms with Gasteiger partial charge in [0.1, 0.15) is 5.82 Å². The highest BCUT2D eigenvalue weighted by atomic mass is 19.1. The van der Waals surface area contributed by atoms with Gasteiger partial charge < -0.3 is 20.4 Å². The molecule has 0 unspecified atom stereocenters. The SMILES string of the molecule is C[C@@H]1CN(CC2CCN(CC(=O)N3CCN(C(=O)c4cc(Cc5n[nH]c(=O)c6ccccc56)ccc4F)CC3)CC2)CCN1C(=O)[C@H](N)C1CCCCC1. The Morgan fingerprint density at radius 3 is 2.30 bits per heavy atom. The zero-order chi connectivity index (χ0) is 37.8. The largest absolute Gasteiger partial charge is 0.338 e. The van der Waals surface area contributed by atoms with Gasteiger partial charge in [0, 0.05) is 70.2 Å². The van der Waals surface area contributed by atoms with Gasteiger partial charge in [0.25, 0.3) is 11.5 Å². The van der Waals surface area contributed by atoms with E-state index < -0.39 is 11.7 Å². The van der Waals surface area contributed by atoms with Gasteiger partial charge in [-0.2, -0.15) is 5.10 Å². The van der Waals surface area contributed by atoms with Crippen LogP contribution in [-0.2, 0) is 16.0 Å². The first-order valence-corrected chi connectivity index (χ1v) is 20.0. The molecular weight excluding hydrogens is 688 g/mol. The average Bonchev–Trinajstić information content (AvgIpc) is 3.20. The van der Waals surface area contributed by atoms with Gasteiger partial charge in [-0.1, -0.05) is 43.5 Å². The number of halogens is 1. The molecule has 0 radical (unpaired) electrons. The number of likely N-dealkylation sites (tertiary alicyclic amines) is 1. The number of nitrogens with two attached hydrogens (primary N) is 1. The van der Waals surface area contributed by atoms with Gasteiger partial charge in [-0.15, -0.1) is 0 Å². The molecular formula is C41H55FN8O4. The molecule has 4 aliphatic rings. The summed E-state index contributed by atoms with van der Waals surface area (Å²) in [7, 11) is 0. The van der Waals surface area contributed by atoms with E-state index in [1.165, 1.54) is 25.3 Å². The van der Waals surface area contributed by atoms with Crippen LogP contribution in [0.2, 0.25) is 0 Å². The highest BCUT2D eigenvalue weighted by molar-refractivity contribution is 5.95. The lowest BCUT2D eigenvalue weighted by molar-refractivity contribution is -0.139. The Kier molecular flexibility index (Phi) is 12.0. The molecule has 3 N–H and O–H groups in total. The van der Waals surface area contributed by atoms with E-state index in [0.29, 0.717) is 73.0 Å². The van der Waals surface area contributed by atoms with Crippen LogP contribution in [0.3, 0.4) is 0 Å². The number of hydrogen-bond donors (Lipinski definition) is 2. The fraction of sp³-hybridized carbons (Fsp3) is 0.585. The number of hydrogen-bond acceptors (Lipinski definition) is 8. The van der Waals surface area contributed by atoms with Crippen LogP contribution in [0.25, 0.3) is 10.8 Å². The lowest BCUT2D eigenvalue weighted by Crippen LogP contribution is -2.59. The number of H-pyrrole nitrogens is 1. The first-order chi connectivity index (χ1) is 26.1. The summed E-state index contributed by atoms with van der Waals surface area (Å²) in [4.78, 5) is 62.5. The van der Waals surface area contributed by atoms with E-state index in [9.17, 15) is 23.6 Å². The van der Waals surface area contributed by atoms with Crippen LogP contribution >= 0.6 is 0 Å². The molecule has 3 amide bonds. The number of piperazine rings is 2. The maximum Gasteiger partial charge on any atom is 0.272 e. The lowest BCUT2D eigenvalue weighted by Gasteiger charge is -2.43. The van der Waals surface area contributed by atoms with E-state index in [-0.39, 0.29) is 35.0 Å². The zero-order valence-corrected chi connectivity index (χ0v) is 31.6. The van der Waals surface area contributed by atoms with Crippen molar-refractivity contribution in [2.45, 2.75) is 70.4 Å². The van der Waals surface area contributed by atoms with Crippen molar-refractivity contribution in [3.63, 3.8) is 0 Å². The van der Waals surface area contributed by atoms with Crippen molar-refractivity contribution < 1.29 is 18.8 Å². The molecule has 7 rings (SSSR count). The molecule has 13 heteroatoms. The fourth-order valence-corrected chi connectivity index (χ4v) is 9.07. The van der Waals surface area contributed by atoms with Crippen LogP contribution in [0, 0.1) is 17.7 Å². The fourth-order valence-electron chi connectivity index (χ4n) is 9.07. The van der Waals surface area contributed by atoms with Crippen molar-refractivity contribution in [2.24, 2.45) is 17.6 Å². The number of fused-ring (bicyclic) bond motifs is 1. The highest BCUT2D eigenvalue weighted by Gasteiger charge is 2.35. The Balaban J connectivity index is 0.837. The van der Waals surface area contributed by atoms with Crippen LogP contribution in [0.5, 0.6) is 0 Å². The Hall–Kier alpha value is -4.20. The molecule has 2 atom stereocenters. The smallest absolute Gasteiger partial charge is 0.272 e. The summed E-state index contributed by atoms with van der Waals surface area (Å²) in [5.41, 5.74) is 7.54. The summed E-state index contributed by atoms with van der Waals surface area (Å²) in [5.74, 6) is 0.0991. The van der Waals surface area contributed by atoms with Crippen LogP contribution < -0.4 is 11.3 Å². The van der Waals surface area contributed by atoms with Crippen LogP contribution in [0.1, 0.15) is 73.5 Å². The first kappa shape index (κ1) is 38.1. The van der Waals surface area contributed by atoms with Crippen molar-refractivity contribution in [3.05, 3.63) is 75.5 Å². The molecule has 4 fully saturated rings.